The van der Waals surface area contributed by atoms with Gasteiger partial charge in [-0.2, -0.15) is 0 Å². The molecule has 106 valence electrons. The Bertz CT molecular complexity index is 387. The van der Waals surface area contributed by atoms with Crippen molar-refractivity contribution in [2.24, 2.45) is 5.92 Å². The fraction of sp³-hybridized carbons (Fsp3) is 0.647. The van der Waals surface area contributed by atoms with Crippen LogP contribution in [0.25, 0.3) is 0 Å². The van der Waals surface area contributed by atoms with Gasteiger partial charge in [0.15, 0.2) is 0 Å². The van der Waals surface area contributed by atoms with E-state index in [1.54, 1.807) is 6.07 Å². The normalized spacial score (nSPS) is 23.7. The molecule has 0 bridgehead atoms. The molecule has 1 aromatic carbocycles. The van der Waals surface area contributed by atoms with Crippen LogP contribution < -0.4 is 0 Å². The van der Waals surface area contributed by atoms with Gasteiger partial charge in [0.1, 0.15) is 5.75 Å². The maximum absolute atomic E-state index is 9.69. The van der Waals surface area contributed by atoms with Crippen molar-refractivity contribution < 1.29 is 5.11 Å². The molecule has 0 radical (unpaired) electrons. The molecule has 0 heterocycles. The zero-order chi connectivity index (χ0) is 13.7. The van der Waals surface area contributed by atoms with E-state index >= 15 is 0 Å². The number of hydrogen-bond donors (Lipinski definition) is 1. The molecule has 1 N–H and O–H groups in total. The van der Waals surface area contributed by atoms with E-state index in [2.05, 4.69) is 24.8 Å². The third-order valence-electron chi connectivity index (χ3n) is 4.59. The molecule has 1 aliphatic rings. The molecule has 1 aromatic rings. The molecule has 0 aromatic heterocycles. The van der Waals surface area contributed by atoms with Crippen molar-refractivity contribution in [1.82, 2.24) is 4.90 Å². The van der Waals surface area contributed by atoms with Gasteiger partial charge in [-0.1, -0.05) is 38.8 Å². The van der Waals surface area contributed by atoms with Gasteiger partial charge in [0.25, 0.3) is 0 Å². The maximum Gasteiger partial charge on any atom is 0.115 e. The number of hydrogen-bond acceptors (Lipinski definition) is 2. The van der Waals surface area contributed by atoms with Gasteiger partial charge in [0, 0.05) is 6.54 Å². The second-order valence-electron chi connectivity index (χ2n) is 5.73. The van der Waals surface area contributed by atoms with Crippen molar-refractivity contribution in [1.29, 1.82) is 0 Å². The minimum absolute atomic E-state index is 0.407. The lowest BCUT2D eigenvalue weighted by molar-refractivity contribution is 0.195. The molecule has 0 saturated heterocycles. The highest BCUT2D eigenvalue weighted by atomic mass is 16.3. The van der Waals surface area contributed by atoms with Crippen molar-refractivity contribution in [2.45, 2.75) is 45.4 Å². The summed E-state index contributed by atoms with van der Waals surface area (Å²) in [5, 5.41) is 9.69. The Labute approximate surface area is 117 Å². The molecule has 19 heavy (non-hydrogen) atoms. The van der Waals surface area contributed by atoms with E-state index in [1.165, 1.54) is 37.8 Å². The Morgan fingerprint density at radius 3 is 2.58 bits per heavy atom. The average Bonchev–Trinajstić information content (AvgIpc) is 2.45. The number of phenols is 1. The summed E-state index contributed by atoms with van der Waals surface area (Å²) in [4.78, 5) is 2.53. The Morgan fingerprint density at radius 1 is 1.16 bits per heavy atom. The molecular formula is C17H27NO. The SMILES string of the molecule is CCN(CC)C[C@@H]1CCCC[C@H]1c1cccc(O)c1. The third-order valence-corrected chi connectivity index (χ3v) is 4.59. The third kappa shape index (κ3) is 3.73. The number of rotatable bonds is 5. The van der Waals surface area contributed by atoms with Gasteiger partial charge in [-0.05, 0) is 55.5 Å². The molecule has 1 fully saturated rings. The summed E-state index contributed by atoms with van der Waals surface area (Å²) in [5.74, 6) is 1.78. The van der Waals surface area contributed by atoms with E-state index in [-0.39, 0.29) is 0 Å². The van der Waals surface area contributed by atoms with E-state index < -0.39 is 0 Å². The number of phenolic OH excluding ortho intramolecular Hbond substituents is 1. The van der Waals surface area contributed by atoms with E-state index in [9.17, 15) is 5.11 Å². The van der Waals surface area contributed by atoms with Crippen LogP contribution in [-0.4, -0.2) is 29.6 Å². The highest BCUT2D eigenvalue weighted by Gasteiger charge is 2.27. The zero-order valence-corrected chi connectivity index (χ0v) is 12.3. The lowest BCUT2D eigenvalue weighted by Gasteiger charge is -2.35. The number of nitrogens with zero attached hydrogens (tertiary/aromatic N) is 1. The fourth-order valence-corrected chi connectivity index (χ4v) is 3.43. The molecule has 0 unspecified atom stereocenters. The first-order valence-electron chi connectivity index (χ1n) is 7.75. The molecule has 0 amide bonds. The van der Waals surface area contributed by atoms with Crippen LogP contribution >= 0.6 is 0 Å². The standard InChI is InChI=1S/C17H27NO/c1-3-18(4-2)13-15-8-5-6-11-17(15)14-9-7-10-16(19)12-14/h7,9-10,12,15,17,19H,3-6,8,11,13H2,1-2H3/t15-,17-/m0/s1. The molecule has 2 heteroatoms. The first-order chi connectivity index (χ1) is 9.24. The summed E-state index contributed by atoms with van der Waals surface area (Å²) in [6.45, 7) is 7.97. The Morgan fingerprint density at radius 2 is 1.89 bits per heavy atom. The Hall–Kier alpha value is -1.02. The van der Waals surface area contributed by atoms with E-state index in [0.717, 1.165) is 19.0 Å². The van der Waals surface area contributed by atoms with E-state index in [1.807, 2.05) is 12.1 Å². The Kier molecular flexibility index (Phi) is 5.26. The van der Waals surface area contributed by atoms with Crippen molar-refractivity contribution in [3.63, 3.8) is 0 Å². The van der Waals surface area contributed by atoms with E-state index in [4.69, 9.17) is 0 Å². The highest BCUT2D eigenvalue weighted by Crippen LogP contribution is 2.39. The average molecular weight is 261 g/mol. The summed E-state index contributed by atoms with van der Waals surface area (Å²) >= 11 is 0. The summed E-state index contributed by atoms with van der Waals surface area (Å²) in [6.07, 6.45) is 5.29. The monoisotopic (exact) mass is 261 g/mol. The molecule has 1 saturated carbocycles. The largest absolute Gasteiger partial charge is 0.508 e. The van der Waals surface area contributed by atoms with Crippen molar-refractivity contribution >= 4 is 0 Å². The van der Waals surface area contributed by atoms with Crippen LogP contribution in [0.4, 0.5) is 0 Å². The van der Waals surface area contributed by atoms with Crippen LogP contribution in [0.2, 0.25) is 0 Å². The summed E-state index contributed by atoms with van der Waals surface area (Å²) < 4.78 is 0. The van der Waals surface area contributed by atoms with Crippen LogP contribution in [0.15, 0.2) is 24.3 Å². The van der Waals surface area contributed by atoms with Crippen molar-refractivity contribution in [3.8, 4) is 5.75 Å². The van der Waals surface area contributed by atoms with Crippen LogP contribution in [0.3, 0.4) is 0 Å². The van der Waals surface area contributed by atoms with Gasteiger partial charge in [0.05, 0.1) is 0 Å². The van der Waals surface area contributed by atoms with Crippen LogP contribution in [0.5, 0.6) is 5.75 Å². The van der Waals surface area contributed by atoms with Crippen molar-refractivity contribution in [2.75, 3.05) is 19.6 Å². The van der Waals surface area contributed by atoms with Crippen LogP contribution in [0, 0.1) is 5.92 Å². The van der Waals surface area contributed by atoms with Gasteiger partial charge in [-0.25, -0.2) is 0 Å². The quantitative estimate of drug-likeness (QED) is 0.865. The summed E-state index contributed by atoms with van der Waals surface area (Å²) in [7, 11) is 0. The topological polar surface area (TPSA) is 23.5 Å². The highest BCUT2D eigenvalue weighted by molar-refractivity contribution is 5.30. The van der Waals surface area contributed by atoms with Gasteiger partial charge < -0.3 is 10.0 Å². The van der Waals surface area contributed by atoms with E-state index in [0.29, 0.717) is 11.7 Å². The predicted molar refractivity (Wildman–Crippen MR) is 80.6 cm³/mol. The van der Waals surface area contributed by atoms with Crippen LogP contribution in [-0.2, 0) is 0 Å². The minimum atomic E-state index is 0.407. The first-order valence-corrected chi connectivity index (χ1v) is 7.75. The number of aromatic hydroxyl groups is 1. The molecule has 0 aliphatic heterocycles. The molecular weight excluding hydrogens is 234 g/mol. The second kappa shape index (κ2) is 6.95. The minimum Gasteiger partial charge on any atom is -0.508 e. The van der Waals surface area contributed by atoms with Gasteiger partial charge >= 0.3 is 0 Å². The maximum atomic E-state index is 9.69. The fourth-order valence-electron chi connectivity index (χ4n) is 3.43. The lowest BCUT2D eigenvalue weighted by atomic mass is 9.75. The predicted octanol–water partition coefficient (Wildman–Crippen LogP) is 4.01. The molecule has 2 nitrogen and oxygen atoms in total. The van der Waals surface area contributed by atoms with Crippen LogP contribution in [0.1, 0.15) is 51.0 Å². The van der Waals surface area contributed by atoms with Gasteiger partial charge in [0.2, 0.25) is 0 Å². The smallest absolute Gasteiger partial charge is 0.115 e. The number of benzene rings is 1. The molecule has 1 aliphatic carbocycles. The molecule has 2 rings (SSSR count). The first kappa shape index (κ1) is 14.4. The second-order valence-corrected chi connectivity index (χ2v) is 5.73. The zero-order valence-electron chi connectivity index (χ0n) is 12.3. The van der Waals surface area contributed by atoms with Gasteiger partial charge in [-0.3, -0.25) is 0 Å². The molecule has 0 spiro atoms. The van der Waals surface area contributed by atoms with Crippen molar-refractivity contribution in [3.05, 3.63) is 29.8 Å². The lowest BCUT2D eigenvalue weighted by Crippen LogP contribution is -2.33. The van der Waals surface area contributed by atoms with Gasteiger partial charge in [-0.15, -0.1) is 0 Å². The molecule has 2 atom stereocenters. The Balaban J connectivity index is 2.11. The summed E-state index contributed by atoms with van der Waals surface area (Å²) in [6, 6.07) is 7.90. The summed E-state index contributed by atoms with van der Waals surface area (Å²) in [5.41, 5.74) is 1.33.